The molecule has 0 spiro atoms. The molecule has 7 nitrogen and oxygen atoms in total. The summed E-state index contributed by atoms with van der Waals surface area (Å²) in [4.78, 5) is 38.2. The molecule has 8 heteroatoms. The van der Waals surface area contributed by atoms with Crippen molar-refractivity contribution in [1.82, 2.24) is 14.8 Å². The van der Waals surface area contributed by atoms with Crippen molar-refractivity contribution in [2.24, 2.45) is 0 Å². The van der Waals surface area contributed by atoms with Crippen molar-refractivity contribution >= 4 is 34.5 Å². The maximum atomic E-state index is 13.1. The van der Waals surface area contributed by atoms with Gasteiger partial charge in [-0.15, -0.1) is 11.3 Å². The van der Waals surface area contributed by atoms with E-state index in [1.54, 1.807) is 6.20 Å². The molecule has 36 heavy (non-hydrogen) atoms. The normalized spacial score (nSPS) is 20.4. The van der Waals surface area contributed by atoms with Crippen LogP contribution in [0.1, 0.15) is 21.8 Å². The number of rotatable bonds is 4. The number of fused-ring (bicyclic) bond motifs is 1. The number of thiazole rings is 1. The van der Waals surface area contributed by atoms with E-state index in [9.17, 15) is 9.59 Å². The van der Waals surface area contributed by atoms with Gasteiger partial charge in [-0.05, 0) is 34.9 Å². The molecule has 0 N–H and O–H groups in total. The molecule has 3 aliphatic heterocycles. The van der Waals surface area contributed by atoms with Crippen LogP contribution in [0.5, 0.6) is 0 Å². The average Bonchev–Trinajstić information content (AvgIpc) is 3.64. The van der Waals surface area contributed by atoms with Crippen LogP contribution >= 0.6 is 11.3 Å². The van der Waals surface area contributed by atoms with Crippen LogP contribution in [0.3, 0.4) is 0 Å². The van der Waals surface area contributed by atoms with E-state index in [2.05, 4.69) is 58.7 Å². The molecule has 3 aromatic rings. The second-order valence-electron chi connectivity index (χ2n) is 9.68. The van der Waals surface area contributed by atoms with Crippen molar-refractivity contribution < 1.29 is 9.59 Å². The quantitative estimate of drug-likeness (QED) is 0.545. The zero-order valence-corrected chi connectivity index (χ0v) is 21.2. The number of allylic oxidation sites excluding steroid dienone is 1. The summed E-state index contributed by atoms with van der Waals surface area (Å²) < 4.78 is 0. The van der Waals surface area contributed by atoms with E-state index in [-0.39, 0.29) is 17.9 Å². The molecule has 1 aromatic heterocycles. The van der Waals surface area contributed by atoms with Gasteiger partial charge in [-0.1, -0.05) is 30.8 Å². The molecule has 6 rings (SSSR count). The van der Waals surface area contributed by atoms with Gasteiger partial charge in [0.05, 0.1) is 0 Å². The Labute approximate surface area is 215 Å². The number of piperazine rings is 1. The number of carbonyl (C=O) groups excluding carboxylic acids is 2. The van der Waals surface area contributed by atoms with Crippen LogP contribution in [-0.2, 0) is 11.2 Å². The lowest BCUT2D eigenvalue weighted by Gasteiger charge is -2.37. The molecule has 0 aliphatic carbocycles. The first kappa shape index (κ1) is 22.9. The van der Waals surface area contributed by atoms with Crippen LogP contribution < -0.4 is 9.80 Å². The molecule has 1 unspecified atom stereocenters. The molecule has 0 bridgehead atoms. The Morgan fingerprint density at radius 1 is 1.11 bits per heavy atom. The number of likely N-dealkylation sites (N-methyl/N-ethyl adjacent to an activating group) is 1. The highest BCUT2D eigenvalue weighted by molar-refractivity contribution is 7.11. The average molecular weight is 500 g/mol. The Morgan fingerprint density at radius 3 is 2.69 bits per heavy atom. The smallest absolute Gasteiger partial charge is 0.282 e. The molecule has 2 amide bonds. The van der Waals surface area contributed by atoms with Crippen molar-refractivity contribution in [1.29, 1.82) is 0 Å². The summed E-state index contributed by atoms with van der Waals surface area (Å²) >= 11 is 1.38. The molecule has 0 radical (unpaired) electrons. The summed E-state index contributed by atoms with van der Waals surface area (Å²) in [7, 11) is 2.06. The Morgan fingerprint density at radius 2 is 1.92 bits per heavy atom. The van der Waals surface area contributed by atoms with E-state index < -0.39 is 0 Å². The zero-order chi connectivity index (χ0) is 24.8. The van der Waals surface area contributed by atoms with Crippen molar-refractivity contribution in [2.75, 3.05) is 49.6 Å². The minimum atomic E-state index is 0.00718. The lowest BCUT2D eigenvalue weighted by molar-refractivity contribution is -0.117. The fourth-order valence-corrected chi connectivity index (χ4v) is 6.22. The molecule has 1 atom stereocenters. The highest BCUT2D eigenvalue weighted by Gasteiger charge is 2.36. The minimum Gasteiger partial charge on any atom is -0.348 e. The SMILES string of the molecule is C=C1Cc2c(-c3cccc(N4CC(N5CCN(C(=O)c6nccs6)CC5)CC4=O)c3)cccc2N1C. The molecule has 2 fully saturated rings. The highest BCUT2D eigenvalue weighted by atomic mass is 32.1. The van der Waals surface area contributed by atoms with Crippen LogP contribution in [0.25, 0.3) is 11.1 Å². The third kappa shape index (κ3) is 4.00. The topological polar surface area (TPSA) is 60.0 Å². The summed E-state index contributed by atoms with van der Waals surface area (Å²) in [5, 5.41) is 2.38. The van der Waals surface area contributed by atoms with E-state index >= 15 is 0 Å². The molecule has 2 aromatic carbocycles. The third-order valence-electron chi connectivity index (χ3n) is 7.67. The van der Waals surface area contributed by atoms with E-state index in [0.29, 0.717) is 31.1 Å². The second-order valence-corrected chi connectivity index (χ2v) is 10.6. The Balaban J connectivity index is 1.16. The van der Waals surface area contributed by atoms with Gasteiger partial charge in [-0.25, -0.2) is 4.98 Å². The second kappa shape index (κ2) is 9.19. The molecule has 2 saturated heterocycles. The highest BCUT2D eigenvalue weighted by Crippen LogP contribution is 2.40. The third-order valence-corrected chi connectivity index (χ3v) is 8.44. The lowest BCUT2D eigenvalue weighted by Crippen LogP contribution is -2.52. The van der Waals surface area contributed by atoms with Gasteiger partial charge in [0.25, 0.3) is 5.91 Å². The number of hydrogen-bond donors (Lipinski definition) is 0. The zero-order valence-electron chi connectivity index (χ0n) is 20.4. The van der Waals surface area contributed by atoms with Crippen molar-refractivity contribution in [3.05, 3.63) is 76.9 Å². The van der Waals surface area contributed by atoms with Gasteiger partial charge in [0.2, 0.25) is 5.91 Å². The molecule has 3 aliphatic rings. The van der Waals surface area contributed by atoms with Crippen molar-refractivity contribution in [2.45, 2.75) is 18.9 Å². The predicted octanol–water partition coefficient (Wildman–Crippen LogP) is 3.88. The number of hydrogen-bond acceptors (Lipinski definition) is 6. The molecule has 4 heterocycles. The van der Waals surface area contributed by atoms with Crippen LogP contribution in [-0.4, -0.2) is 72.4 Å². The standard InChI is InChI=1S/C28H29N5O2S/c1-19-15-24-23(7-4-8-25(24)30(19)2)20-5-3-6-21(16-20)33-18-22(17-26(33)34)31-10-12-32(13-11-31)28(35)27-29-9-14-36-27/h3-9,14,16,22H,1,10-13,15,17-18H2,2H3. The Kier molecular flexibility index (Phi) is 5.85. The van der Waals surface area contributed by atoms with E-state index in [1.807, 2.05) is 27.3 Å². The van der Waals surface area contributed by atoms with Gasteiger partial charge < -0.3 is 14.7 Å². The number of benzene rings is 2. The van der Waals surface area contributed by atoms with Crippen molar-refractivity contribution in [3.8, 4) is 11.1 Å². The molecular formula is C28H29N5O2S. The fraction of sp³-hybridized carbons (Fsp3) is 0.321. The molecular weight excluding hydrogens is 470 g/mol. The minimum absolute atomic E-state index is 0.00718. The first-order chi connectivity index (χ1) is 17.5. The lowest BCUT2D eigenvalue weighted by atomic mass is 9.97. The first-order valence-corrected chi connectivity index (χ1v) is 13.2. The van der Waals surface area contributed by atoms with Crippen molar-refractivity contribution in [3.63, 3.8) is 0 Å². The van der Waals surface area contributed by atoms with E-state index in [0.717, 1.165) is 36.5 Å². The van der Waals surface area contributed by atoms with Crippen LogP contribution in [0.4, 0.5) is 11.4 Å². The van der Waals surface area contributed by atoms with Gasteiger partial charge in [0, 0.05) is 87.3 Å². The number of carbonyl (C=O) groups is 2. The molecule has 184 valence electrons. The van der Waals surface area contributed by atoms with Gasteiger partial charge in [-0.2, -0.15) is 0 Å². The molecule has 0 saturated carbocycles. The van der Waals surface area contributed by atoms with E-state index in [1.165, 1.54) is 28.2 Å². The van der Waals surface area contributed by atoms with E-state index in [4.69, 9.17) is 0 Å². The number of anilines is 2. The summed E-state index contributed by atoms with van der Waals surface area (Å²) in [6.07, 6.45) is 3.02. The Hall–Kier alpha value is -3.49. The van der Waals surface area contributed by atoms with Crippen LogP contribution in [0.15, 0.2) is 66.3 Å². The maximum Gasteiger partial charge on any atom is 0.282 e. The van der Waals surface area contributed by atoms with Gasteiger partial charge >= 0.3 is 0 Å². The summed E-state index contributed by atoms with van der Waals surface area (Å²) in [6.45, 7) is 7.75. The summed E-state index contributed by atoms with van der Waals surface area (Å²) in [5.41, 5.74) is 6.85. The van der Waals surface area contributed by atoms with Gasteiger partial charge in [0.1, 0.15) is 0 Å². The van der Waals surface area contributed by atoms with Crippen LogP contribution in [0, 0.1) is 0 Å². The largest absolute Gasteiger partial charge is 0.348 e. The number of amides is 2. The van der Waals surface area contributed by atoms with Gasteiger partial charge in [0.15, 0.2) is 5.01 Å². The summed E-state index contributed by atoms with van der Waals surface area (Å²) in [5.74, 6) is 0.164. The predicted molar refractivity (Wildman–Crippen MR) is 143 cm³/mol. The fourth-order valence-electron chi connectivity index (χ4n) is 5.62. The monoisotopic (exact) mass is 499 g/mol. The number of nitrogens with zero attached hydrogens (tertiary/aromatic N) is 5. The summed E-state index contributed by atoms with van der Waals surface area (Å²) in [6, 6.07) is 14.9. The first-order valence-electron chi connectivity index (χ1n) is 12.4. The number of aromatic nitrogens is 1. The maximum absolute atomic E-state index is 13.1. The van der Waals surface area contributed by atoms with Crippen LogP contribution in [0.2, 0.25) is 0 Å². The Bertz CT molecular complexity index is 1330. The van der Waals surface area contributed by atoms with Gasteiger partial charge in [-0.3, -0.25) is 14.5 Å².